The summed E-state index contributed by atoms with van der Waals surface area (Å²) in [5.74, 6) is -1.46. The number of allylic oxidation sites excluding steroid dienone is 2. The molecule has 1 aromatic carbocycles. The van der Waals surface area contributed by atoms with Crippen LogP contribution in [0.1, 0.15) is 45.1 Å². The van der Waals surface area contributed by atoms with Crippen LogP contribution in [0.15, 0.2) is 42.0 Å². The number of carbonyl (C=O) groups excluding carboxylic acids is 2. The molecule has 0 bridgehead atoms. The first-order valence-electron chi connectivity index (χ1n) is 8.21. The topological polar surface area (TPSA) is 52.6 Å². The summed E-state index contributed by atoms with van der Waals surface area (Å²) < 4.78 is 10.1. The van der Waals surface area contributed by atoms with E-state index in [1.54, 1.807) is 0 Å². The number of rotatable bonds is 3. The fourth-order valence-electron chi connectivity index (χ4n) is 3.72. The summed E-state index contributed by atoms with van der Waals surface area (Å²) in [6, 6.07) is 9.67. The molecule has 2 rings (SSSR count). The van der Waals surface area contributed by atoms with Gasteiger partial charge >= 0.3 is 11.9 Å². The molecule has 0 radical (unpaired) electrons. The van der Waals surface area contributed by atoms with Crippen LogP contribution >= 0.6 is 0 Å². The summed E-state index contributed by atoms with van der Waals surface area (Å²) in [6.45, 7) is 6.29. The molecule has 130 valence electrons. The van der Waals surface area contributed by atoms with E-state index in [0.717, 1.165) is 11.1 Å². The van der Waals surface area contributed by atoms with E-state index in [1.165, 1.54) is 14.2 Å². The highest BCUT2D eigenvalue weighted by molar-refractivity contribution is 6.02. The molecule has 0 saturated heterocycles. The summed E-state index contributed by atoms with van der Waals surface area (Å²) >= 11 is 0. The molecule has 1 aliphatic rings. The summed E-state index contributed by atoms with van der Waals surface area (Å²) in [5, 5.41) is 0. The van der Waals surface area contributed by atoms with E-state index in [-0.39, 0.29) is 5.41 Å². The molecule has 1 atom stereocenters. The number of hydrogen-bond acceptors (Lipinski definition) is 4. The van der Waals surface area contributed by atoms with Gasteiger partial charge in [0.1, 0.15) is 0 Å². The zero-order chi connectivity index (χ0) is 18.0. The van der Waals surface area contributed by atoms with Crippen LogP contribution in [0.25, 0.3) is 0 Å². The second-order valence-electron chi connectivity index (χ2n) is 7.25. The predicted octanol–water partition coefficient (Wildman–Crippen LogP) is 3.87. The quantitative estimate of drug-likeness (QED) is 0.479. The average molecular weight is 330 g/mol. The molecule has 0 N–H and O–H groups in total. The molecular formula is C20H26O4. The Morgan fingerprint density at radius 3 is 2.04 bits per heavy atom. The van der Waals surface area contributed by atoms with Crippen LogP contribution in [0.2, 0.25) is 0 Å². The van der Waals surface area contributed by atoms with Crippen LogP contribution in [-0.2, 0) is 19.1 Å². The van der Waals surface area contributed by atoms with Gasteiger partial charge in [-0.25, -0.2) is 0 Å². The molecule has 4 nitrogen and oxygen atoms in total. The van der Waals surface area contributed by atoms with E-state index in [2.05, 4.69) is 26.8 Å². The second-order valence-corrected chi connectivity index (χ2v) is 7.25. The normalized spacial score (nSPS) is 20.0. The van der Waals surface area contributed by atoms with Crippen LogP contribution in [0.3, 0.4) is 0 Å². The molecule has 0 heterocycles. The maximum Gasteiger partial charge on any atom is 0.324 e. The van der Waals surface area contributed by atoms with E-state index in [9.17, 15) is 9.59 Å². The molecule has 0 fully saturated rings. The van der Waals surface area contributed by atoms with Crippen molar-refractivity contribution in [2.24, 2.45) is 10.8 Å². The van der Waals surface area contributed by atoms with Crippen LogP contribution in [0.5, 0.6) is 0 Å². The van der Waals surface area contributed by atoms with Gasteiger partial charge in [0.25, 0.3) is 0 Å². The lowest BCUT2D eigenvalue weighted by atomic mass is 9.58. The van der Waals surface area contributed by atoms with Gasteiger partial charge in [-0.05, 0) is 23.8 Å². The van der Waals surface area contributed by atoms with Crippen molar-refractivity contribution in [3.05, 3.63) is 47.5 Å². The van der Waals surface area contributed by atoms with Gasteiger partial charge in [0.15, 0.2) is 5.41 Å². The number of methoxy groups -OCH3 is 2. The van der Waals surface area contributed by atoms with E-state index in [1.807, 2.05) is 30.3 Å². The van der Waals surface area contributed by atoms with Gasteiger partial charge in [-0.2, -0.15) is 0 Å². The molecular weight excluding hydrogens is 304 g/mol. The van der Waals surface area contributed by atoms with Gasteiger partial charge in [0.2, 0.25) is 0 Å². The molecule has 0 amide bonds. The minimum Gasteiger partial charge on any atom is -0.468 e. The number of carbonyl (C=O) groups is 2. The smallest absolute Gasteiger partial charge is 0.324 e. The summed E-state index contributed by atoms with van der Waals surface area (Å²) in [7, 11) is 2.65. The molecule has 0 spiro atoms. The minimum atomic E-state index is -1.35. The molecule has 1 aliphatic carbocycles. The third kappa shape index (κ3) is 2.97. The second kappa shape index (κ2) is 6.80. The first-order chi connectivity index (χ1) is 11.3. The number of esters is 2. The number of ether oxygens (including phenoxy) is 2. The van der Waals surface area contributed by atoms with Gasteiger partial charge in [0, 0.05) is 5.92 Å². The minimum absolute atomic E-state index is 0.186. The van der Waals surface area contributed by atoms with Gasteiger partial charge in [-0.15, -0.1) is 0 Å². The number of hydrogen-bond donors (Lipinski definition) is 0. The van der Waals surface area contributed by atoms with Crippen molar-refractivity contribution in [2.75, 3.05) is 14.2 Å². The monoisotopic (exact) mass is 330 g/mol. The lowest BCUT2D eigenvalue weighted by Crippen LogP contribution is -2.49. The largest absolute Gasteiger partial charge is 0.468 e. The van der Waals surface area contributed by atoms with E-state index in [4.69, 9.17) is 9.47 Å². The third-order valence-corrected chi connectivity index (χ3v) is 4.80. The lowest BCUT2D eigenvalue weighted by Gasteiger charge is -2.44. The maximum absolute atomic E-state index is 12.8. The van der Waals surface area contributed by atoms with Crippen molar-refractivity contribution < 1.29 is 19.1 Å². The van der Waals surface area contributed by atoms with Gasteiger partial charge in [-0.3, -0.25) is 9.59 Å². The van der Waals surface area contributed by atoms with Crippen molar-refractivity contribution >= 4 is 11.9 Å². The zero-order valence-corrected chi connectivity index (χ0v) is 15.1. The predicted molar refractivity (Wildman–Crippen MR) is 92.4 cm³/mol. The van der Waals surface area contributed by atoms with Crippen molar-refractivity contribution in [2.45, 2.75) is 39.5 Å². The first kappa shape index (κ1) is 18.2. The van der Waals surface area contributed by atoms with Crippen LogP contribution in [0, 0.1) is 10.8 Å². The average Bonchev–Trinajstić information content (AvgIpc) is 2.59. The van der Waals surface area contributed by atoms with Crippen molar-refractivity contribution in [1.29, 1.82) is 0 Å². The first-order valence-corrected chi connectivity index (χ1v) is 8.21. The Balaban J connectivity index is 2.75. The standard InChI is InChI=1S/C20H26O4/c1-19(2,3)15-12-9-13-20(17(21)23-4,18(22)24-5)16(15)14-10-7-6-8-11-14/h6-8,10-12,16H,9,13H2,1-5H3. The summed E-state index contributed by atoms with van der Waals surface area (Å²) in [4.78, 5) is 25.6. The van der Waals surface area contributed by atoms with Crippen molar-refractivity contribution in [3.63, 3.8) is 0 Å². The molecule has 24 heavy (non-hydrogen) atoms. The summed E-state index contributed by atoms with van der Waals surface area (Å²) in [5.41, 5.74) is 0.459. The van der Waals surface area contributed by atoms with Crippen LogP contribution in [-0.4, -0.2) is 26.2 Å². The van der Waals surface area contributed by atoms with Crippen LogP contribution < -0.4 is 0 Å². The Labute approximate surface area is 143 Å². The summed E-state index contributed by atoms with van der Waals surface area (Å²) in [6.07, 6.45) is 3.17. The molecule has 1 aromatic rings. The molecule has 1 unspecified atom stereocenters. The highest BCUT2D eigenvalue weighted by Gasteiger charge is 2.58. The Morgan fingerprint density at radius 2 is 1.58 bits per heavy atom. The van der Waals surface area contributed by atoms with Gasteiger partial charge < -0.3 is 9.47 Å². The highest BCUT2D eigenvalue weighted by atomic mass is 16.5. The SMILES string of the molecule is COC(=O)C1(C(=O)OC)CCC=C(C(C)(C)C)C1c1ccccc1. The van der Waals surface area contributed by atoms with E-state index < -0.39 is 23.3 Å². The van der Waals surface area contributed by atoms with E-state index in [0.29, 0.717) is 12.8 Å². The lowest BCUT2D eigenvalue weighted by molar-refractivity contribution is -0.171. The molecule has 0 aromatic heterocycles. The Kier molecular flexibility index (Phi) is 5.16. The third-order valence-electron chi connectivity index (χ3n) is 4.80. The van der Waals surface area contributed by atoms with Gasteiger partial charge in [0.05, 0.1) is 14.2 Å². The number of benzene rings is 1. The van der Waals surface area contributed by atoms with Gasteiger partial charge in [-0.1, -0.05) is 62.8 Å². The fourth-order valence-corrected chi connectivity index (χ4v) is 3.72. The Bertz CT molecular complexity index is 621. The van der Waals surface area contributed by atoms with Crippen molar-refractivity contribution in [3.8, 4) is 0 Å². The fraction of sp³-hybridized carbons (Fsp3) is 0.500. The molecule has 0 aliphatic heterocycles. The molecule has 0 saturated carbocycles. The Morgan fingerprint density at radius 1 is 1.04 bits per heavy atom. The zero-order valence-electron chi connectivity index (χ0n) is 15.1. The highest BCUT2D eigenvalue weighted by Crippen LogP contribution is 2.54. The van der Waals surface area contributed by atoms with Crippen LogP contribution in [0.4, 0.5) is 0 Å². The maximum atomic E-state index is 12.8. The van der Waals surface area contributed by atoms with Crippen molar-refractivity contribution in [1.82, 2.24) is 0 Å². The molecule has 4 heteroatoms. The Hall–Kier alpha value is -2.10. The van der Waals surface area contributed by atoms with E-state index >= 15 is 0 Å².